The zero-order valence-corrected chi connectivity index (χ0v) is 9.25. The largest absolute Gasteiger partial charge is 0.478 e. The first kappa shape index (κ1) is 13.2. The van der Waals surface area contributed by atoms with Gasteiger partial charge in [0.25, 0.3) is 0 Å². The van der Waals surface area contributed by atoms with Crippen molar-refractivity contribution in [2.24, 2.45) is 0 Å². The molecule has 0 fully saturated rings. The van der Waals surface area contributed by atoms with Crippen molar-refractivity contribution in [3.63, 3.8) is 0 Å². The molecule has 0 aliphatic carbocycles. The maximum atomic E-state index is 10.5. The number of hydrogen-bond donors (Lipinski definition) is 1. The minimum atomic E-state index is -0.856. The Kier molecular flexibility index (Phi) is 7.11. The smallest absolute Gasteiger partial charge is 0.330 e. The third-order valence-electron chi connectivity index (χ3n) is 1.99. The molecule has 0 amide bonds. The van der Waals surface area contributed by atoms with Crippen LogP contribution in [-0.2, 0) is 9.53 Å². The average molecular weight is 200 g/mol. The summed E-state index contributed by atoms with van der Waals surface area (Å²) in [5.41, 5.74) is 0.385. The SMILES string of the molecule is CCCCOC(C)CC=C(C)C(=O)O. The highest BCUT2D eigenvalue weighted by Gasteiger charge is 2.02. The first-order chi connectivity index (χ1) is 6.57. The number of carboxylic acid groups (broad SMARTS) is 1. The van der Waals surface area contributed by atoms with Gasteiger partial charge in [-0.3, -0.25) is 0 Å². The fourth-order valence-electron chi connectivity index (χ4n) is 0.927. The van der Waals surface area contributed by atoms with Crippen LogP contribution in [0.2, 0.25) is 0 Å². The van der Waals surface area contributed by atoms with Crippen LogP contribution in [0.25, 0.3) is 0 Å². The maximum Gasteiger partial charge on any atom is 0.330 e. The van der Waals surface area contributed by atoms with Crippen molar-refractivity contribution >= 4 is 5.97 Å². The van der Waals surface area contributed by atoms with Crippen molar-refractivity contribution in [1.82, 2.24) is 0 Å². The third kappa shape index (κ3) is 6.66. The highest BCUT2D eigenvalue weighted by molar-refractivity contribution is 5.85. The summed E-state index contributed by atoms with van der Waals surface area (Å²) in [6, 6.07) is 0. The van der Waals surface area contributed by atoms with Crippen LogP contribution in [0.1, 0.15) is 40.0 Å². The highest BCUT2D eigenvalue weighted by atomic mass is 16.5. The number of unbranched alkanes of at least 4 members (excludes halogenated alkanes) is 1. The Morgan fingerprint density at radius 3 is 2.71 bits per heavy atom. The van der Waals surface area contributed by atoms with Crippen molar-refractivity contribution < 1.29 is 14.6 Å². The molecule has 0 aromatic heterocycles. The van der Waals surface area contributed by atoms with Crippen LogP contribution < -0.4 is 0 Å². The van der Waals surface area contributed by atoms with Crippen LogP contribution in [0, 0.1) is 0 Å². The lowest BCUT2D eigenvalue weighted by Crippen LogP contribution is -2.08. The number of carboxylic acids is 1. The molecular weight excluding hydrogens is 180 g/mol. The lowest BCUT2D eigenvalue weighted by molar-refractivity contribution is -0.132. The summed E-state index contributed by atoms with van der Waals surface area (Å²) < 4.78 is 5.48. The van der Waals surface area contributed by atoms with E-state index in [2.05, 4.69) is 6.92 Å². The van der Waals surface area contributed by atoms with Crippen molar-refractivity contribution in [3.8, 4) is 0 Å². The molecule has 0 aliphatic rings. The molecule has 0 radical (unpaired) electrons. The van der Waals surface area contributed by atoms with Crippen LogP contribution >= 0.6 is 0 Å². The molecular formula is C11H20O3. The van der Waals surface area contributed by atoms with Gasteiger partial charge >= 0.3 is 5.97 Å². The first-order valence-corrected chi connectivity index (χ1v) is 5.09. The lowest BCUT2D eigenvalue weighted by atomic mass is 10.2. The van der Waals surface area contributed by atoms with Gasteiger partial charge in [0.1, 0.15) is 0 Å². The minimum Gasteiger partial charge on any atom is -0.478 e. The second-order valence-electron chi connectivity index (χ2n) is 3.46. The van der Waals surface area contributed by atoms with Gasteiger partial charge in [-0.2, -0.15) is 0 Å². The maximum absolute atomic E-state index is 10.5. The summed E-state index contributed by atoms with van der Waals surface area (Å²) in [5, 5.41) is 8.60. The summed E-state index contributed by atoms with van der Waals surface area (Å²) in [4.78, 5) is 10.5. The van der Waals surface area contributed by atoms with Gasteiger partial charge in [0.2, 0.25) is 0 Å². The second-order valence-corrected chi connectivity index (χ2v) is 3.46. The molecule has 0 saturated carbocycles. The molecule has 82 valence electrons. The molecule has 0 rings (SSSR count). The van der Waals surface area contributed by atoms with E-state index in [0.717, 1.165) is 19.4 Å². The van der Waals surface area contributed by atoms with Gasteiger partial charge in [0, 0.05) is 12.2 Å². The molecule has 1 N–H and O–H groups in total. The summed E-state index contributed by atoms with van der Waals surface area (Å²) in [7, 11) is 0. The Hall–Kier alpha value is -0.830. The Balaban J connectivity index is 3.67. The predicted molar refractivity (Wildman–Crippen MR) is 56.3 cm³/mol. The van der Waals surface area contributed by atoms with Gasteiger partial charge in [-0.1, -0.05) is 19.4 Å². The molecule has 0 heterocycles. The average Bonchev–Trinajstić information content (AvgIpc) is 2.14. The quantitative estimate of drug-likeness (QED) is 0.507. The van der Waals surface area contributed by atoms with E-state index in [1.807, 2.05) is 6.92 Å². The van der Waals surface area contributed by atoms with Gasteiger partial charge in [-0.05, 0) is 26.7 Å². The summed E-state index contributed by atoms with van der Waals surface area (Å²) in [5.74, 6) is -0.856. The molecule has 3 heteroatoms. The van der Waals surface area contributed by atoms with Crippen molar-refractivity contribution in [2.75, 3.05) is 6.61 Å². The molecule has 1 unspecified atom stereocenters. The van der Waals surface area contributed by atoms with E-state index in [4.69, 9.17) is 9.84 Å². The van der Waals surface area contributed by atoms with Crippen LogP contribution in [0.3, 0.4) is 0 Å². The normalized spacial score (nSPS) is 14.1. The van der Waals surface area contributed by atoms with Crippen molar-refractivity contribution in [1.29, 1.82) is 0 Å². The highest BCUT2D eigenvalue weighted by Crippen LogP contribution is 2.03. The number of aliphatic carboxylic acids is 1. The van der Waals surface area contributed by atoms with E-state index in [-0.39, 0.29) is 6.10 Å². The van der Waals surface area contributed by atoms with Crippen molar-refractivity contribution in [3.05, 3.63) is 11.6 Å². The zero-order valence-electron chi connectivity index (χ0n) is 9.25. The molecule has 0 aromatic rings. The molecule has 0 saturated heterocycles. The summed E-state index contributed by atoms with van der Waals surface area (Å²) in [6.45, 7) is 6.43. The molecule has 0 bridgehead atoms. The molecule has 14 heavy (non-hydrogen) atoms. The molecule has 1 atom stereocenters. The fraction of sp³-hybridized carbons (Fsp3) is 0.727. The van der Waals surface area contributed by atoms with Gasteiger partial charge in [0.05, 0.1) is 6.10 Å². The predicted octanol–water partition coefficient (Wildman–Crippen LogP) is 2.61. The van der Waals surface area contributed by atoms with E-state index in [1.54, 1.807) is 13.0 Å². The number of ether oxygens (including phenoxy) is 1. The molecule has 0 aromatic carbocycles. The lowest BCUT2D eigenvalue weighted by Gasteiger charge is -2.10. The van der Waals surface area contributed by atoms with E-state index in [0.29, 0.717) is 12.0 Å². The second kappa shape index (κ2) is 7.56. The van der Waals surface area contributed by atoms with Crippen LogP contribution in [0.5, 0.6) is 0 Å². The van der Waals surface area contributed by atoms with E-state index in [1.165, 1.54) is 0 Å². The van der Waals surface area contributed by atoms with Crippen LogP contribution in [-0.4, -0.2) is 23.8 Å². The third-order valence-corrected chi connectivity index (χ3v) is 1.99. The topological polar surface area (TPSA) is 46.5 Å². The van der Waals surface area contributed by atoms with E-state index < -0.39 is 5.97 Å². The molecule has 0 aliphatic heterocycles. The van der Waals surface area contributed by atoms with Gasteiger partial charge in [0.15, 0.2) is 0 Å². The number of carbonyl (C=O) groups is 1. The van der Waals surface area contributed by atoms with Gasteiger partial charge in [-0.15, -0.1) is 0 Å². The Bertz CT molecular complexity index is 197. The van der Waals surface area contributed by atoms with Gasteiger partial charge < -0.3 is 9.84 Å². The summed E-state index contributed by atoms with van der Waals surface area (Å²) >= 11 is 0. The Morgan fingerprint density at radius 2 is 2.21 bits per heavy atom. The minimum absolute atomic E-state index is 0.107. The standard InChI is InChI=1S/C11H20O3/c1-4-5-8-14-10(3)7-6-9(2)11(12)13/h6,10H,4-5,7-8H2,1-3H3,(H,12,13). The van der Waals surface area contributed by atoms with Gasteiger partial charge in [-0.25, -0.2) is 4.79 Å². The monoisotopic (exact) mass is 200 g/mol. The van der Waals surface area contributed by atoms with Crippen molar-refractivity contribution in [2.45, 2.75) is 46.1 Å². The summed E-state index contributed by atoms with van der Waals surface area (Å²) in [6.07, 6.45) is 4.67. The fourth-order valence-corrected chi connectivity index (χ4v) is 0.927. The number of hydrogen-bond acceptors (Lipinski definition) is 2. The Labute approximate surface area is 85.8 Å². The molecule has 3 nitrogen and oxygen atoms in total. The number of rotatable bonds is 7. The Morgan fingerprint density at radius 1 is 1.57 bits per heavy atom. The van der Waals surface area contributed by atoms with Crippen LogP contribution in [0.15, 0.2) is 11.6 Å². The molecule has 0 spiro atoms. The van der Waals surface area contributed by atoms with E-state index in [9.17, 15) is 4.79 Å². The van der Waals surface area contributed by atoms with E-state index >= 15 is 0 Å². The first-order valence-electron chi connectivity index (χ1n) is 5.09. The zero-order chi connectivity index (χ0) is 11.0. The van der Waals surface area contributed by atoms with Crippen LogP contribution in [0.4, 0.5) is 0 Å².